The molecule has 0 aliphatic carbocycles. The minimum atomic E-state index is 0.219. The van der Waals surface area contributed by atoms with Gasteiger partial charge >= 0.3 is 0 Å². The molecule has 0 radical (unpaired) electrons. The monoisotopic (exact) mass is 397 g/mol. The molecule has 0 spiro atoms. The van der Waals surface area contributed by atoms with Crippen molar-refractivity contribution in [1.82, 2.24) is 35.2 Å². The second kappa shape index (κ2) is 8.71. The molecule has 0 aliphatic rings. The lowest BCUT2D eigenvalue weighted by atomic mass is 10.3. The van der Waals surface area contributed by atoms with E-state index in [1.54, 1.807) is 36.7 Å². The van der Waals surface area contributed by atoms with Gasteiger partial charge in [-0.3, -0.25) is 0 Å². The largest absolute Gasteiger partial charge is 0.470 e. The van der Waals surface area contributed by atoms with Crippen LogP contribution in [0, 0.1) is 6.92 Å². The van der Waals surface area contributed by atoms with E-state index in [0.717, 1.165) is 5.69 Å². The zero-order valence-corrected chi connectivity index (χ0v) is 16.0. The van der Waals surface area contributed by atoms with Crippen molar-refractivity contribution in [2.75, 3.05) is 20.3 Å². The molecule has 0 bridgehead atoms. The van der Waals surface area contributed by atoms with Gasteiger partial charge in [-0.2, -0.15) is 14.7 Å². The summed E-state index contributed by atoms with van der Waals surface area (Å²) >= 11 is 0. The predicted octanol–water partition coefficient (Wildman–Crippen LogP) is 1.62. The van der Waals surface area contributed by atoms with Crippen molar-refractivity contribution in [3.8, 4) is 17.4 Å². The maximum atomic E-state index is 5.74. The summed E-state index contributed by atoms with van der Waals surface area (Å²) in [7, 11) is 1.63. The maximum Gasteiger partial charge on any atom is 0.232 e. The lowest BCUT2D eigenvalue weighted by molar-refractivity contribution is 0.0598. The van der Waals surface area contributed by atoms with Crippen molar-refractivity contribution in [2.45, 2.75) is 20.1 Å². The van der Waals surface area contributed by atoms with Crippen molar-refractivity contribution in [1.29, 1.82) is 0 Å². The third-order valence-corrected chi connectivity index (χ3v) is 3.92. The Morgan fingerprint density at radius 2 is 1.79 bits per heavy atom. The van der Waals surface area contributed by atoms with Gasteiger partial charge in [0, 0.05) is 19.2 Å². The summed E-state index contributed by atoms with van der Waals surface area (Å²) in [6.45, 7) is 3.46. The van der Waals surface area contributed by atoms with E-state index < -0.39 is 0 Å². The molecule has 4 aromatic heterocycles. The Bertz CT molecular complexity index is 1080. The number of methoxy groups -OCH3 is 1. The Kier molecular flexibility index (Phi) is 5.68. The summed E-state index contributed by atoms with van der Waals surface area (Å²) in [5.74, 6) is 1.54. The van der Waals surface area contributed by atoms with Crippen LogP contribution in [0.4, 0.5) is 0 Å². The first-order valence-electron chi connectivity index (χ1n) is 8.90. The SMILES string of the molecule is COCCOCc1ccc(COc2ccc3nnc(-c4cc(C)on4)n3n2)nn1. The molecule has 0 fully saturated rings. The van der Waals surface area contributed by atoms with Crippen LogP contribution in [0.25, 0.3) is 17.2 Å². The Balaban J connectivity index is 1.40. The van der Waals surface area contributed by atoms with E-state index in [9.17, 15) is 0 Å². The van der Waals surface area contributed by atoms with Crippen molar-refractivity contribution < 1.29 is 18.7 Å². The Morgan fingerprint density at radius 3 is 2.52 bits per heavy atom. The van der Waals surface area contributed by atoms with Gasteiger partial charge in [0.15, 0.2) is 11.3 Å². The average Bonchev–Trinajstić information content (AvgIpc) is 3.36. The van der Waals surface area contributed by atoms with Gasteiger partial charge in [0.05, 0.1) is 25.5 Å². The Labute approximate surface area is 165 Å². The van der Waals surface area contributed by atoms with Gasteiger partial charge in [0.2, 0.25) is 11.7 Å². The molecule has 0 saturated heterocycles. The second-order valence-electron chi connectivity index (χ2n) is 6.14. The average molecular weight is 397 g/mol. The molecular formula is C18H19N7O4. The number of hydrogen-bond acceptors (Lipinski definition) is 10. The van der Waals surface area contributed by atoms with Crippen molar-refractivity contribution in [3.63, 3.8) is 0 Å². The minimum Gasteiger partial charge on any atom is -0.470 e. The fourth-order valence-electron chi connectivity index (χ4n) is 2.49. The minimum absolute atomic E-state index is 0.219. The molecule has 4 heterocycles. The highest BCUT2D eigenvalue weighted by Gasteiger charge is 2.14. The molecule has 0 unspecified atom stereocenters. The van der Waals surface area contributed by atoms with Crippen LogP contribution < -0.4 is 4.74 Å². The number of aryl methyl sites for hydroxylation is 1. The summed E-state index contributed by atoms with van der Waals surface area (Å²) in [5.41, 5.74) is 2.53. The van der Waals surface area contributed by atoms with Crippen LogP contribution in [0.1, 0.15) is 17.1 Å². The van der Waals surface area contributed by atoms with Crippen LogP contribution in [-0.4, -0.2) is 55.5 Å². The van der Waals surface area contributed by atoms with Gasteiger partial charge < -0.3 is 18.7 Å². The van der Waals surface area contributed by atoms with Crippen LogP contribution >= 0.6 is 0 Å². The molecule has 4 rings (SSSR count). The summed E-state index contributed by atoms with van der Waals surface area (Å²) in [6, 6.07) is 8.93. The number of aromatic nitrogens is 7. The molecule has 4 aromatic rings. The number of ether oxygens (including phenoxy) is 3. The molecule has 150 valence electrons. The fourth-order valence-corrected chi connectivity index (χ4v) is 2.49. The van der Waals surface area contributed by atoms with Gasteiger partial charge in [-0.15, -0.1) is 15.3 Å². The first-order valence-corrected chi connectivity index (χ1v) is 8.90. The zero-order valence-electron chi connectivity index (χ0n) is 16.0. The quantitative estimate of drug-likeness (QED) is 0.385. The Morgan fingerprint density at radius 1 is 0.966 bits per heavy atom. The standard InChI is InChI=1S/C18H19N7O4/c1-12-9-15(24-29-12)18-22-21-16-5-6-17(23-25(16)18)28-11-14-4-3-13(19-20-14)10-27-8-7-26-2/h3-6,9H,7-8,10-11H2,1-2H3. The molecule has 0 aromatic carbocycles. The highest BCUT2D eigenvalue weighted by molar-refractivity contribution is 5.54. The van der Waals surface area contributed by atoms with Crippen LogP contribution in [0.5, 0.6) is 5.88 Å². The van der Waals surface area contributed by atoms with Gasteiger partial charge in [-0.05, 0) is 25.1 Å². The smallest absolute Gasteiger partial charge is 0.232 e. The van der Waals surface area contributed by atoms with Crippen molar-refractivity contribution >= 4 is 5.65 Å². The van der Waals surface area contributed by atoms with E-state index in [4.69, 9.17) is 18.7 Å². The molecule has 11 nitrogen and oxygen atoms in total. The number of rotatable bonds is 9. The van der Waals surface area contributed by atoms with Crippen LogP contribution in [0.15, 0.2) is 34.9 Å². The first kappa shape index (κ1) is 18.9. The number of fused-ring (bicyclic) bond motifs is 1. The van der Waals surface area contributed by atoms with E-state index in [1.165, 1.54) is 0 Å². The molecule has 0 atom stereocenters. The molecule has 0 saturated carbocycles. The third-order valence-electron chi connectivity index (χ3n) is 3.92. The fraction of sp³-hybridized carbons (Fsp3) is 0.333. The molecule has 11 heteroatoms. The highest BCUT2D eigenvalue weighted by atomic mass is 16.5. The normalized spacial score (nSPS) is 11.2. The second-order valence-corrected chi connectivity index (χ2v) is 6.14. The van der Waals surface area contributed by atoms with E-state index >= 15 is 0 Å². The molecular weight excluding hydrogens is 378 g/mol. The highest BCUT2D eigenvalue weighted by Crippen LogP contribution is 2.19. The number of hydrogen-bond donors (Lipinski definition) is 0. The third kappa shape index (κ3) is 4.52. The van der Waals surface area contributed by atoms with E-state index in [1.807, 2.05) is 12.1 Å². The van der Waals surface area contributed by atoms with Gasteiger partial charge in [0.1, 0.15) is 18.1 Å². The summed E-state index contributed by atoms with van der Waals surface area (Å²) in [5, 5.41) is 24.8. The van der Waals surface area contributed by atoms with Gasteiger partial charge in [-0.1, -0.05) is 5.16 Å². The van der Waals surface area contributed by atoms with Gasteiger partial charge in [0.25, 0.3) is 0 Å². The molecule has 0 N–H and O–H groups in total. The Hall–Kier alpha value is -3.44. The molecule has 29 heavy (non-hydrogen) atoms. The van der Waals surface area contributed by atoms with Crippen LogP contribution in [-0.2, 0) is 22.7 Å². The van der Waals surface area contributed by atoms with Crippen molar-refractivity contribution in [2.24, 2.45) is 0 Å². The summed E-state index contributed by atoms with van der Waals surface area (Å²) < 4.78 is 22.7. The lowest BCUT2D eigenvalue weighted by Gasteiger charge is -2.06. The molecule has 0 aliphatic heterocycles. The maximum absolute atomic E-state index is 5.74. The van der Waals surface area contributed by atoms with E-state index in [0.29, 0.717) is 54.3 Å². The van der Waals surface area contributed by atoms with Gasteiger partial charge in [-0.25, -0.2) is 0 Å². The lowest BCUT2D eigenvalue weighted by Crippen LogP contribution is -2.06. The summed E-state index contributed by atoms with van der Waals surface area (Å²) in [4.78, 5) is 0. The van der Waals surface area contributed by atoms with Crippen molar-refractivity contribution in [3.05, 3.63) is 47.5 Å². The molecule has 0 amide bonds. The predicted molar refractivity (Wildman–Crippen MR) is 98.9 cm³/mol. The van der Waals surface area contributed by atoms with Crippen LogP contribution in [0.2, 0.25) is 0 Å². The first-order chi connectivity index (χ1) is 14.2. The van der Waals surface area contributed by atoms with E-state index in [-0.39, 0.29) is 6.61 Å². The van der Waals surface area contributed by atoms with Crippen LogP contribution in [0.3, 0.4) is 0 Å². The zero-order chi connectivity index (χ0) is 20.1. The number of nitrogens with zero attached hydrogens (tertiary/aromatic N) is 7. The topological polar surface area (TPSA) is 123 Å². The summed E-state index contributed by atoms with van der Waals surface area (Å²) in [6.07, 6.45) is 0. The van der Waals surface area contributed by atoms with E-state index in [2.05, 4.69) is 30.7 Å².